The van der Waals surface area contributed by atoms with Crippen LogP contribution in [-0.4, -0.2) is 11.2 Å². The van der Waals surface area contributed by atoms with Crippen LogP contribution in [0.4, 0.5) is 0 Å². The number of nitrogens with zero attached hydrogens (tertiary/aromatic N) is 1. The SMILES string of the molecule is C=C([C]1[CH][CH][CH][CH]1)/C([C]1[CH][CH][CH][CH]1)=C(/SC)[N+](=O)[O-].[CH]1[CH][CH][CH][CH]1.[CH]1[CH][CH][CH][CH]1.[Fe+2].[Fe+2]. The third kappa shape index (κ3) is 11.3. The third-order valence-corrected chi connectivity index (χ3v) is 4.69. The van der Waals surface area contributed by atoms with Crippen molar-refractivity contribution in [2.24, 2.45) is 0 Å². The Bertz CT molecular complexity index is 508. The molecular formula is C25H23Fe2NO2S+4. The van der Waals surface area contributed by atoms with Gasteiger partial charge in [-0.1, -0.05) is 18.3 Å². The molecule has 0 saturated heterocycles. The molecular weight excluding hydrogens is 490 g/mol. The van der Waals surface area contributed by atoms with Crippen molar-refractivity contribution in [2.45, 2.75) is 0 Å². The van der Waals surface area contributed by atoms with E-state index in [1.165, 1.54) is 0 Å². The number of thioether (sulfide) groups is 1. The summed E-state index contributed by atoms with van der Waals surface area (Å²) >= 11 is 1.13. The van der Waals surface area contributed by atoms with Crippen LogP contribution in [0.15, 0.2) is 22.8 Å². The zero-order valence-electron chi connectivity index (χ0n) is 17.0. The van der Waals surface area contributed by atoms with Gasteiger partial charge in [-0.15, -0.1) is 0 Å². The van der Waals surface area contributed by atoms with E-state index in [1.54, 1.807) is 6.26 Å². The Labute approximate surface area is 216 Å². The van der Waals surface area contributed by atoms with Crippen LogP contribution in [0.5, 0.6) is 0 Å². The van der Waals surface area contributed by atoms with Gasteiger partial charge >= 0.3 is 39.2 Å². The van der Waals surface area contributed by atoms with Crippen LogP contribution in [-0.2, 0) is 34.1 Å². The fourth-order valence-corrected chi connectivity index (χ4v) is 3.19. The molecule has 3 nitrogen and oxygen atoms in total. The number of nitro groups is 1. The van der Waals surface area contributed by atoms with Crippen LogP contribution in [0.25, 0.3) is 0 Å². The molecule has 0 N–H and O–H groups in total. The molecule has 0 heterocycles. The molecule has 0 aromatic heterocycles. The van der Waals surface area contributed by atoms with Gasteiger partial charge in [-0.3, -0.25) is 10.1 Å². The molecule has 0 amide bonds. The quantitative estimate of drug-likeness (QED) is 0.219. The zero-order chi connectivity index (χ0) is 20.9. The Morgan fingerprint density at radius 2 is 1.03 bits per heavy atom. The summed E-state index contributed by atoms with van der Waals surface area (Å²) in [5.41, 5.74) is 1.27. The second-order valence-electron chi connectivity index (χ2n) is 5.89. The van der Waals surface area contributed by atoms with Gasteiger partial charge in [0.2, 0.25) is 0 Å². The van der Waals surface area contributed by atoms with Crippen molar-refractivity contribution in [3.63, 3.8) is 0 Å². The Balaban J connectivity index is 0.000000615. The smallest absolute Gasteiger partial charge is 0.258 e. The van der Waals surface area contributed by atoms with E-state index in [0.29, 0.717) is 11.1 Å². The predicted octanol–water partition coefficient (Wildman–Crippen LogP) is 5.24. The average Bonchev–Trinajstić information content (AvgIpc) is 3.56. The van der Waals surface area contributed by atoms with Gasteiger partial charge in [0.15, 0.2) is 0 Å². The summed E-state index contributed by atoms with van der Waals surface area (Å²) in [6, 6.07) is 0. The van der Waals surface area contributed by atoms with Crippen molar-refractivity contribution in [2.75, 3.05) is 6.26 Å². The van der Waals surface area contributed by atoms with E-state index in [0.717, 1.165) is 23.6 Å². The molecule has 31 heavy (non-hydrogen) atoms. The minimum absolute atomic E-state index is 0. The molecule has 158 valence electrons. The monoisotopic (exact) mass is 513 g/mol. The van der Waals surface area contributed by atoms with Gasteiger partial charge in [-0.05, 0) is 127 Å². The first-order valence-electron chi connectivity index (χ1n) is 9.04. The predicted molar refractivity (Wildman–Crippen MR) is 121 cm³/mol. The Morgan fingerprint density at radius 3 is 1.32 bits per heavy atom. The maximum absolute atomic E-state index is 11.2. The molecule has 4 rings (SSSR count). The van der Waals surface area contributed by atoms with Crippen LogP contribution in [0.3, 0.4) is 0 Å². The summed E-state index contributed by atoms with van der Waals surface area (Å²) in [5.74, 6) is 1.73. The Kier molecular flexibility index (Phi) is 18.8. The van der Waals surface area contributed by atoms with Crippen LogP contribution >= 0.6 is 11.8 Å². The van der Waals surface area contributed by atoms with Crippen molar-refractivity contribution in [1.82, 2.24) is 0 Å². The minimum atomic E-state index is -0.346. The first-order chi connectivity index (χ1) is 14.1. The summed E-state index contributed by atoms with van der Waals surface area (Å²) in [7, 11) is 0. The molecule has 0 bridgehead atoms. The normalized spacial score (nSPS) is 21.6. The van der Waals surface area contributed by atoms with E-state index < -0.39 is 0 Å². The molecule has 20 radical (unpaired) electrons. The zero-order valence-corrected chi connectivity index (χ0v) is 20.0. The molecule has 0 aromatic carbocycles. The second kappa shape index (κ2) is 18.7. The molecule has 0 atom stereocenters. The van der Waals surface area contributed by atoms with E-state index in [9.17, 15) is 10.1 Å². The fraction of sp³-hybridized carbons (Fsp3) is 0.0400. The molecule has 4 aliphatic rings. The third-order valence-electron chi connectivity index (χ3n) is 3.95. The number of hydrogen-bond acceptors (Lipinski definition) is 3. The topological polar surface area (TPSA) is 43.1 Å². The Hall–Kier alpha value is 0.269. The van der Waals surface area contributed by atoms with E-state index in [-0.39, 0.29) is 44.1 Å². The van der Waals surface area contributed by atoms with Crippen LogP contribution < -0.4 is 0 Å². The molecule has 4 fully saturated rings. The molecule has 6 heteroatoms. The van der Waals surface area contributed by atoms with E-state index in [2.05, 4.69) is 6.58 Å². The van der Waals surface area contributed by atoms with Crippen molar-refractivity contribution >= 4 is 11.8 Å². The fourth-order valence-electron chi connectivity index (χ4n) is 2.60. The molecule has 0 unspecified atom stereocenters. The minimum Gasteiger partial charge on any atom is -0.258 e. The molecule has 4 saturated carbocycles. The second-order valence-corrected chi connectivity index (χ2v) is 6.69. The van der Waals surface area contributed by atoms with Gasteiger partial charge in [0, 0.05) is 17.4 Å². The van der Waals surface area contributed by atoms with Crippen molar-refractivity contribution < 1.29 is 39.1 Å². The van der Waals surface area contributed by atoms with Gasteiger partial charge in [-0.2, -0.15) is 0 Å². The summed E-state index contributed by atoms with van der Waals surface area (Å²) in [6.07, 6.45) is 36.8. The number of allylic oxidation sites excluding steroid dienone is 2. The summed E-state index contributed by atoms with van der Waals surface area (Å²) < 4.78 is 0. The first-order valence-corrected chi connectivity index (χ1v) is 10.3. The number of rotatable bonds is 5. The molecule has 0 aromatic rings. The standard InChI is InChI=1S/C15H13NO2S.2C5H5.2Fe/c1-11(12-7-3-4-8-12)14(13-9-5-6-10-13)15(19-2)16(17)18;2*1-2-4-5-3-1;;/h3-10H,1H2,2H3;2*1-5H;;/q;;;2*+2/b15-14-;;;;. The summed E-state index contributed by atoms with van der Waals surface area (Å²) in [6.45, 7) is 4.03. The average molecular weight is 513 g/mol. The van der Waals surface area contributed by atoms with Crippen molar-refractivity contribution in [1.29, 1.82) is 0 Å². The molecule has 0 aliphatic heterocycles. The maximum atomic E-state index is 11.2. The van der Waals surface area contributed by atoms with Crippen LogP contribution in [0.2, 0.25) is 0 Å². The largest absolute Gasteiger partial charge is 2.00 e. The van der Waals surface area contributed by atoms with Crippen molar-refractivity contribution in [3.8, 4) is 0 Å². The first kappa shape index (κ1) is 31.3. The molecule has 0 spiro atoms. The van der Waals surface area contributed by atoms with Gasteiger partial charge in [0.05, 0.1) is 4.92 Å². The molecule has 4 aliphatic carbocycles. The van der Waals surface area contributed by atoms with Gasteiger partial charge < -0.3 is 0 Å². The van der Waals surface area contributed by atoms with E-state index in [4.69, 9.17) is 0 Å². The summed E-state index contributed by atoms with van der Waals surface area (Å²) in [4.78, 5) is 10.9. The van der Waals surface area contributed by atoms with Gasteiger partial charge in [-0.25, -0.2) is 0 Å². The summed E-state index contributed by atoms with van der Waals surface area (Å²) in [5, 5.41) is 11.3. The van der Waals surface area contributed by atoms with E-state index in [1.807, 2.05) is 116 Å². The van der Waals surface area contributed by atoms with Crippen molar-refractivity contribution in [3.05, 3.63) is 160 Å². The Morgan fingerprint density at radius 1 is 0.710 bits per heavy atom. The van der Waals surface area contributed by atoms with Gasteiger partial charge in [0.25, 0.3) is 0 Å². The van der Waals surface area contributed by atoms with Crippen LogP contribution in [0.1, 0.15) is 0 Å². The number of hydrogen-bond donors (Lipinski definition) is 0. The van der Waals surface area contributed by atoms with Gasteiger partial charge in [0.1, 0.15) is 0 Å². The van der Waals surface area contributed by atoms with Crippen LogP contribution in [0, 0.1) is 138 Å². The van der Waals surface area contributed by atoms with E-state index >= 15 is 0 Å². The maximum Gasteiger partial charge on any atom is 2.00 e.